The zero-order valence-corrected chi connectivity index (χ0v) is 19.9. The van der Waals surface area contributed by atoms with Gasteiger partial charge >= 0.3 is 6.03 Å². The molecule has 2 aliphatic heterocycles. The lowest BCUT2D eigenvalue weighted by molar-refractivity contribution is 0.160. The van der Waals surface area contributed by atoms with Crippen molar-refractivity contribution in [2.75, 3.05) is 29.9 Å². The number of piperidine rings is 1. The lowest BCUT2D eigenvalue weighted by atomic mass is 9.74. The molecule has 0 saturated carbocycles. The first kappa shape index (κ1) is 22.7. The van der Waals surface area contributed by atoms with Crippen LogP contribution in [-0.4, -0.2) is 30.6 Å². The Morgan fingerprint density at radius 2 is 1.61 bits per heavy atom. The molecule has 1 spiro atoms. The minimum atomic E-state index is -0.410. The molecule has 4 aromatic carbocycles. The van der Waals surface area contributed by atoms with Crippen molar-refractivity contribution in [1.29, 1.82) is 0 Å². The maximum Gasteiger partial charge on any atom is 0.326 e. The van der Waals surface area contributed by atoms with Gasteiger partial charge in [-0.1, -0.05) is 42.5 Å². The van der Waals surface area contributed by atoms with Gasteiger partial charge in [0.2, 0.25) is 0 Å². The predicted octanol–water partition coefficient (Wildman–Crippen LogP) is 6.70. The molecule has 4 aromatic rings. The predicted molar refractivity (Wildman–Crippen MR) is 139 cm³/mol. The number of hydrogen-bond donors (Lipinski definition) is 1. The summed E-state index contributed by atoms with van der Waals surface area (Å²) in [6, 6.07) is 25.2. The second-order valence-electron chi connectivity index (χ2n) is 9.93. The third-order valence-electron chi connectivity index (χ3n) is 7.64. The quantitative estimate of drug-likeness (QED) is 0.352. The Hall–Kier alpha value is -3.77. The first-order valence-electron chi connectivity index (χ1n) is 12.3. The van der Waals surface area contributed by atoms with Crippen LogP contribution in [0.3, 0.4) is 0 Å². The van der Waals surface area contributed by atoms with Crippen LogP contribution in [0.5, 0.6) is 0 Å². The number of likely N-dealkylation sites (tertiary alicyclic amines) is 1. The van der Waals surface area contributed by atoms with Gasteiger partial charge in [-0.2, -0.15) is 0 Å². The summed E-state index contributed by atoms with van der Waals surface area (Å²) in [6.45, 7) is 3.07. The summed E-state index contributed by atoms with van der Waals surface area (Å²) in [5.41, 5.74) is 3.00. The molecule has 1 fully saturated rings. The molecule has 0 aromatic heterocycles. The van der Waals surface area contributed by atoms with Crippen LogP contribution in [0.1, 0.15) is 24.0 Å². The Balaban J connectivity index is 1.20. The van der Waals surface area contributed by atoms with Crippen LogP contribution in [0, 0.1) is 11.6 Å². The Kier molecular flexibility index (Phi) is 5.69. The lowest BCUT2D eigenvalue weighted by Gasteiger charge is -2.40. The average molecular weight is 484 g/mol. The fourth-order valence-electron chi connectivity index (χ4n) is 5.74. The molecule has 182 valence electrons. The molecule has 0 atom stereocenters. The van der Waals surface area contributed by atoms with E-state index >= 15 is 0 Å². The molecule has 2 amide bonds. The van der Waals surface area contributed by atoms with Gasteiger partial charge in [-0.3, -0.25) is 9.80 Å². The highest BCUT2D eigenvalue weighted by atomic mass is 19.1. The molecule has 36 heavy (non-hydrogen) atoms. The van der Waals surface area contributed by atoms with Crippen LogP contribution in [-0.2, 0) is 12.0 Å². The molecule has 0 radical (unpaired) electrons. The van der Waals surface area contributed by atoms with Crippen molar-refractivity contribution in [3.8, 4) is 0 Å². The van der Waals surface area contributed by atoms with E-state index in [-0.39, 0.29) is 17.3 Å². The fourth-order valence-corrected chi connectivity index (χ4v) is 5.74. The standard InChI is InChI=1S/C30H27F2N3O/c31-24-6-3-7-26(17-24)33-29(36)35-20-30(27-18-25(32)10-11-28(27)35)12-14-34(15-13-30)19-21-8-9-22-4-1-2-5-23(22)16-21/h1-11,16-18H,12-15,19-20H2,(H,33,36). The van der Waals surface area contributed by atoms with Gasteiger partial charge in [0.1, 0.15) is 11.6 Å². The van der Waals surface area contributed by atoms with E-state index in [1.165, 1.54) is 34.5 Å². The number of anilines is 2. The summed E-state index contributed by atoms with van der Waals surface area (Å²) in [6.07, 6.45) is 1.67. The second-order valence-corrected chi connectivity index (χ2v) is 9.93. The van der Waals surface area contributed by atoms with Crippen molar-refractivity contribution >= 4 is 28.2 Å². The smallest absolute Gasteiger partial charge is 0.307 e. The van der Waals surface area contributed by atoms with Gasteiger partial charge in [-0.05, 0) is 90.3 Å². The summed E-state index contributed by atoms with van der Waals surface area (Å²) in [5, 5.41) is 5.28. The fraction of sp³-hybridized carbons (Fsp3) is 0.233. The average Bonchev–Trinajstić information content (AvgIpc) is 3.19. The monoisotopic (exact) mass is 483 g/mol. The molecular weight excluding hydrogens is 456 g/mol. The van der Waals surface area contributed by atoms with Crippen LogP contribution >= 0.6 is 0 Å². The highest BCUT2D eigenvalue weighted by Gasteiger charge is 2.46. The topological polar surface area (TPSA) is 35.6 Å². The zero-order chi connectivity index (χ0) is 24.7. The molecule has 2 heterocycles. The largest absolute Gasteiger partial charge is 0.326 e. The van der Waals surface area contributed by atoms with Gasteiger partial charge in [0.25, 0.3) is 0 Å². The molecule has 1 saturated heterocycles. The third-order valence-corrected chi connectivity index (χ3v) is 7.64. The van der Waals surface area contributed by atoms with E-state index in [2.05, 4.69) is 52.7 Å². The van der Waals surface area contributed by atoms with Crippen molar-refractivity contribution in [2.24, 2.45) is 0 Å². The Labute approximate surface area is 209 Å². The van der Waals surface area contributed by atoms with Crippen LogP contribution in [0.4, 0.5) is 25.0 Å². The van der Waals surface area contributed by atoms with Crippen molar-refractivity contribution in [1.82, 2.24) is 4.90 Å². The van der Waals surface area contributed by atoms with Crippen LogP contribution in [0.15, 0.2) is 84.9 Å². The van der Waals surface area contributed by atoms with Gasteiger partial charge in [0.15, 0.2) is 0 Å². The first-order valence-corrected chi connectivity index (χ1v) is 12.3. The van der Waals surface area contributed by atoms with E-state index < -0.39 is 5.82 Å². The second kappa shape index (κ2) is 9.03. The number of carbonyl (C=O) groups excluding carboxylic acids is 1. The SMILES string of the molecule is O=C(Nc1cccc(F)c1)N1CC2(CCN(Cc3ccc4ccccc4c3)CC2)c2cc(F)ccc21. The Morgan fingerprint density at radius 3 is 2.42 bits per heavy atom. The number of hydrogen-bond acceptors (Lipinski definition) is 2. The van der Waals surface area contributed by atoms with Crippen LogP contribution in [0.25, 0.3) is 10.8 Å². The van der Waals surface area contributed by atoms with Gasteiger partial charge in [-0.25, -0.2) is 13.6 Å². The third kappa shape index (κ3) is 4.22. The first-order chi connectivity index (χ1) is 17.5. The highest BCUT2D eigenvalue weighted by Crippen LogP contribution is 2.47. The molecule has 0 unspecified atom stereocenters. The Bertz CT molecular complexity index is 1450. The number of nitrogens with zero attached hydrogens (tertiary/aromatic N) is 2. The van der Waals surface area contributed by atoms with E-state index in [1.54, 1.807) is 29.2 Å². The van der Waals surface area contributed by atoms with Crippen LogP contribution < -0.4 is 10.2 Å². The molecule has 6 rings (SSSR count). The number of amides is 2. The zero-order valence-electron chi connectivity index (χ0n) is 19.9. The summed E-state index contributed by atoms with van der Waals surface area (Å²) in [4.78, 5) is 17.3. The molecule has 2 aliphatic rings. The molecule has 1 N–H and O–H groups in total. The number of nitrogens with one attached hydrogen (secondary N) is 1. The molecule has 6 heteroatoms. The van der Waals surface area contributed by atoms with Crippen LogP contribution in [0.2, 0.25) is 0 Å². The molecule has 4 nitrogen and oxygen atoms in total. The van der Waals surface area contributed by atoms with Gasteiger partial charge in [-0.15, -0.1) is 0 Å². The summed E-state index contributed by atoms with van der Waals surface area (Å²) in [7, 11) is 0. The normalized spacial score (nSPS) is 16.9. The van der Waals surface area contributed by atoms with E-state index in [0.29, 0.717) is 12.2 Å². The minimum Gasteiger partial charge on any atom is -0.307 e. The number of urea groups is 1. The van der Waals surface area contributed by atoms with E-state index in [4.69, 9.17) is 0 Å². The van der Waals surface area contributed by atoms with E-state index in [1.807, 2.05) is 0 Å². The van der Waals surface area contributed by atoms with Gasteiger partial charge in [0.05, 0.1) is 0 Å². The van der Waals surface area contributed by atoms with Crippen molar-refractivity contribution < 1.29 is 13.6 Å². The van der Waals surface area contributed by atoms with Gasteiger partial charge in [0, 0.05) is 29.9 Å². The Morgan fingerprint density at radius 1 is 0.833 bits per heavy atom. The highest BCUT2D eigenvalue weighted by molar-refractivity contribution is 6.03. The number of halogens is 2. The van der Waals surface area contributed by atoms with Crippen molar-refractivity contribution in [3.63, 3.8) is 0 Å². The number of carbonyl (C=O) groups is 1. The van der Waals surface area contributed by atoms with Crippen molar-refractivity contribution in [3.05, 3.63) is 108 Å². The minimum absolute atomic E-state index is 0.292. The lowest BCUT2D eigenvalue weighted by Crippen LogP contribution is -2.46. The number of benzene rings is 4. The maximum atomic E-state index is 14.3. The van der Waals surface area contributed by atoms with E-state index in [9.17, 15) is 13.6 Å². The number of fused-ring (bicyclic) bond motifs is 3. The maximum absolute atomic E-state index is 14.3. The summed E-state index contributed by atoms with van der Waals surface area (Å²) < 4.78 is 28.0. The molecule has 0 aliphatic carbocycles. The number of rotatable bonds is 3. The summed E-state index contributed by atoms with van der Waals surface area (Å²) >= 11 is 0. The van der Waals surface area contributed by atoms with Crippen molar-refractivity contribution in [2.45, 2.75) is 24.8 Å². The molecular formula is C30H27F2N3O. The molecule has 0 bridgehead atoms. The summed E-state index contributed by atoms with van der Waals surface area (Å²) in [5.74, 6) is -0.703. The van der Waals surface area contributed by atoms with E-state index in [0.717, 1.165) is 43.7 Å². The van der Waals surface area contributed by atoms with Gasteiger partial charge < -0.3 is 5.32 Å².